The normalized spacial score (nSPS) is 33.7. The third kappa shape index (κ3) is 3.97. The van der Waals surface area contributed by atoms with Gasteiger partial charge in [0.15, 0.2) is 0 Å². The molecule has 5 unspecified atom stereocenters. The number of ether oxygens (including phenoxy) is 3. The molecule has 0 aromatic rings. The van der Waals surface area contributed by atoms with Crippen molar-refractivity contribution in [3.05, 3.63) is 0 Å². The van der Waals surface area contributed by atoms with Crippen molar-refractivity contribution in [3.63, 3.8) is 0 Å². The van der Waals surface area contributed by atoms with Gasteiger partial charge in [-0.1, -0.05) is 0 Å². The van der Waals surface area contributed by atoms with Gasteiger partial charge in [-0.25, -0.2) is 13.6 Å². The minimum Gasteiger partial charge on any atom is -0.458 e. The molecule has 5 nitrogen and oxygen atoms in total. The van der Waals surface area contributed by atoms with Crippen LogP contribution in [0.1, 0.15) is 39.0 Å². The van der Waals surface area contributed by atoms with Gasteiger partial charge < -0.3 is 14.2 Å². The Hall–Kier alpha value is -1.38. The maximum absolute atomic E-state index is 13.1. The SMILES string of the molecule is CC(F)(F)C(F)(F)CCOCC(=O)OC1C2CC3CC(C2)C(=O)OC1C3. The average molecular weight is 382 g/mol. The summed E-state index contributed by atoms with van der Waals surface area (Å²) < 4.78 is 67.2. The van der Waals surface area contributed by atoms with Gasteiger partial charge in [-0.05, 0) is 31.6 Å². The highest BCUT2D eigenvalue weighted by Gasteiger charge is 2.52. The molecular formula is C17H22F4O5. The fourth-order valence-electron chi connectivity index (χ4n) is 4.20. The van der Waals surface area contributed by atoms with Crippen LogP contribution in [0, 0.1) is 17.8 Å². The Bertz CT molecular complexity index is 562. The van der Waals surface area contributed by atoms with Gasteiger partial charge in [0.05, 0.1) is 12.5 Å². The zero-order chi connectivity index (χ0) is 19.1. The van der Waals surface area contributed by atoms with Crippen molar-refractivity contribution in [2.45, 2.75) is 63.1 Å². The summed E-state index contributed by atoms with van der Waals surface area (Å²) in [4.78, 5) is 23.9. The summed E-state index contributed by atoms with van der Waals surface area (Å²) in [5.74, 6) is -9.11. The molecule has 148 valence electrons. The Morgan fingerprint density at radius 3 is 2.62 bits per heavy atom. The third-order valence-corrected chi connectivity index (χ3v) is 5.53. The van der Waals surface area contributed by atoms with E-state index < -0.39 is 49.7 Å². The number of esters is 2. The molecule has 0 aromatic carbocycles. The third-order valence-electron chi connectivity index (χ3n) is 5.53. The molecule has 2 aliphatic heterocycles. The van der Waals surface area contributed by atoms with Crippen molar-refractivity contribution in [1.29, 1.82) is 0 Å². The van der Waals surface area contributed by atoms with E-state index in [1.54, 1.807) is 0 Å². The lowest BCUT2D eigenvalue weighted by atomic mass is 9.67. The van der Waals surface area contributed by atoms with Gasteiger partial charge in [-0.3, -0.25) is 4.79 Å². The second-order valence-corrected chi connectivity index (χ2v) is 7.59. The summed E-state index contributed by atoms with van der Waals surface area (Å²) in [6.07, 6.45) is 0.701. The molecule has 0 spiro atoms. The predicted molar refractivity (Wildman–Crippen MR) is 79.7 cm³/mol. The molecule has 4 fully saturated rings. The Labute approximate surface area is 148 Å². The summed E-state index contributed by atoms with van der Waals surface area (Å²) in [6.45, 7) is -1.16. The Morgan fingerprint density at radius 1 is 1.19 bits per heavy atom. The van der Waals surface area contributed by atoms with E-state index in [1.165, 1.54) is 0 Å². The van der Waals surface area contributed by atoms with Crippen LogP contribution in [0.4, 0.5) is 17.6 Å². The van der Waals surface area contributed by atoms with Crippen molar-refractivity contribution >= 4 is 11.9 Å². The van der Waals surface area contributed by atoms with Crippen LogP contribution in [-0.2, 0) is 23.8 Å². The molecule has 9 heteroatoms. The van der Waals surface area contributed by atoms with Crippen molar-refractivity contribution in [1.82, 2.24) is 0 Å². The molecule has 4 aliphatic rings. The number of hydrogen-bond donors (Lipinski definition) is 0. The minimum absolute atomic E-state index is 0.0380. The van der Waals surface area contributed by atoms with E-state index in [9.17, 15) is 27.2 Å². The molecule has 2 saturated heterocycles. The van der Waals surface area contributed by atoms with Crippen LogP contribution >= 0.6 is 0 Å². The van der Waals surface area contributed by atoms with Gasteiger partial charge in [-0.15, -0.1) is 0 Å². The highest BCUT2D eigenvalue weighted by atomic mass is 19.3. The summed E-state index contributed by atoms with van der Waals surface area (Å²) in [5, 5.41) is 0. The summed E-state index contributed by atoms with van der Waals surface area (Å²) in [7, 11) is 0. The Balaban J connectivity index is 1.46. The molecular weight excluding hydrogens is 360 g/mol. The summed E-state index contributed by atoms with van der Waals surface area (Å²) in [5.41, 5.74) is 0. The van der Waals surface area contributed by atoms with Crippen molar-refractivity contribution < 1.29 is 41.4 Å². The van der Waals surface area contributed by atoms with Gasteiger partial charge in [0.2, 0.25) is 0 Å². The molecule has 2 heterocycles. The second kappa shape index (κ2) is 6.98. The molecule has 2 aliphatic carbocycles. The lowest BCUT2D eigenvalue weighted by Crippen LogP contribution is -2.45. The molecule has 4 rings (SSSR count). The topological polar surface area (TPSA) is 61.8 Å². The fraction of sp³-hybridized carbons (Fsp3) is 0.882. The summed E-state index contributed by atoms with van der Waals surface area (Å²) in [6, 6.07) is 0. The van der Waals surface area contributed by atoms with Gasteiger partial charge in [0.1, 0.15) is 18.8 Å². The lowest BCUT2D eigenvalue weighted by Gasteiger charge is -2.41. The number of carbonyl (C=O) groups excluding carboxylic acids is 2. The van der Waals surface area contributed by atoms with Gasteiger partial charge in [0, 0.05) is 19.3 Å². The maximum Gasteiger partial charge on any atom is 0.332 e. The highest BCUT2D eigenvalue weighted by molar-refractivity contribution is 5.74. The van der Waals surface area contributed by atoms with E-state index in [0.29, 0.717) is 18.8 Å². The molecule has 0 radical (unpaired) electrons. The molecule has 4 bridgehead atoms. The Morgan fingerprint density at radius 2 is 1.92 bits per heavy atom. The smallest absolute Gasteiger partial charge is 0.332 e. The largest absolute Gasteiger partial charge is 0.458 e. The first-order chi connectivity index (χ1) is 12.1. The minimum atomic E-state index is -4.20. The van der Waals surface area contributed by atoms with E-state index in [-0.39, 0.29) is 24.7 Å². The van der Waals surface area contributed by atoms with Crippen LogP contribution in [0.2, 0.25) is 0 Å². The number of alkyl halides is 4. The zero-order valence-corrected chi connectivity index (χ0v) is 14.4. The van der Waals surface area contributed by atoms with E-state index >= 15 is 0 Å². The number of hydrogen-bond acceptors (Lipinski definition) is 5. The average Bonchev–Trinajstić information content (AvgIpc) is 2.68. The number of halogens is 4. The first-order valence-electron chi connectivity index (χ1n) is 8.80. The van der Waals surface area contributed by atoms with Crippen LogP contribution in [0.15, 0.2) is 0 Å². The maximum atomic E-state index is 13.1. The molecule has 0 N–H and O–H groups in total. The van der Waals surface area contributed by atoms with E-state index in [4.69, 9.17) is 14.2 Å². The number of carbonyl (C=O) groups is 2. The molecule has 5 atom stereocenters. The van der Waals surface area contributed by atoms with Crippen molar-refractivity contribution in [2.75, 3.05) is 13.2 Å². The van der Waals surface area contributed by atoms with Crippen LogP contribution in [0.25, 0.3) is 0 Å². The standard InChI is InChI=1S/C17H22F4O5/c1-16(18,19)17(20,21)2-3-24-8-13(22)26-14-10-4-9-5-11(7-10)15(23)25-12(14)6-9/h9-12,14H,2-8H2,1H3. The quantitative estimate of drug-likeness (QED) is 0.385. The Kier molecular flexibility index (Phi) is 5.20. The van der Waals surface area contributed by atoms with E-state index in [2.05, 4.69) is 0 Å². The first-order valence-corrected chi connectivity index (χ1v) is 8.80. The number of fused-ring (bicyclic) bond motifs is 1. The monoisotopic (exact) mass is 382 g/mol. The fourth-order valence-corrected chi connectivity index (χ4v) is 4.20. The lowest BCUT2D eigenvalue weighted by molar-refractivity contribution is -0.207. The van der Waals surface area contributed by atoms with Gasteiger partial charge >= 0.3 is 23.8 Å². The second-order valence-electron chi connectivity index (χ2n) is 7.59. The molecule has 2 saturated carbocycles. The first kappa shape index (κ1) is 19.4. The van der Waals surface area contributed by atoms with Crippen LogP contribution in [0.5, 0.6) is 0 Å². The van der Waals surface area contributed by atoms with Crippen LogP contribution < -0.4 is 0 Å². The number of rotatable bonds is 7. The predicted octanol–water partition coefficient (Wildman–Crippen LogP) is 2.96. The van der Waals surface area contributed by atoms with Gasteiger partial charge in [0.25, 0.3) is 0 Å². The van der Waals surface area contributed by atoms with Crippen molar-refractivity contribution in [3.8, 4) is 0 Å². The summed E-state index contributed by atoms with van der Waals surface area (Å²) >= 11 is 0. The molecule has 26 heavy (non-hydrogen) atoms. The molecule has 0 amide bonds. The molecule has 0 aromatic heterocycles. The van der Waals surface area contributed by atoms with E-state index in [0.717, 1.165) is 12.8 Å². The van der Waals surface area contributed by atoms with Gasteiger partial charge in [-0.2, -0.15) is 8.78 Å². The van der Waals surface area contributed by atoms with Crippen LogP contribution in [-0.4, -0.2) is 49.2 Å². The van der Waals surface area contributed by atoms with Crippen LogP contribution in [0.3, 0.4) is 0 Å². The van der Waals surface area contributed by atoms with E-state index in [1.807, 2.05) is 0 Å². The van der Waals surface area contributed by atoms with Crippen molar-refractivity contribution in [2.24, 2.45) is 17.8 Å². The highest BCUT2D eigenvalue weighted by Crippen LogP contribution is 2.48. The zero-order valence-electron chi connectivity index (χ0n) is 14.4.